The highest BCUT2D eigenvalue weighted by molar-refractivity contribution is 6.09. The van der Waals surface area contributed by atoms with Crippen molar-refractivity contribution < 1.29 is 33.4 Å². The maximum Gasteiger partial charge on any atom is 0.424 e. The number of carbonyl (C=O) groups excluding carboxylic acids is 4. The molecule has 0 aromatic heterocycles. The molecule has 2 saturated heterocycles. The maximum atomic E-state index is 13.9. The predicted octanol–water partition coefficient (Wildman–Crippen LogP) is 3.41. The van der Waals surface area contributed by atoms with Crippen LogP contribution >= 0.6 is 0 Å². The van der Waals surface area contributed by atoms with E-state index in [0.29, 0.717) is 31.5 Å². The molecule has 2 fully saturated rings. The minimum absolute atomic E-state index is 0.0768. The summed E-state index contributed by atoms with van der Waals surface area (Å²) in [5.74, 6) is -2.58. The molecule has 1 aliphatic carbocycles. The van der Waals surface area contributed by atoms with Crippen molar-refractivity contribution in [1.82, 2.24) is 15.1 Å². The second-order valence-electron chi connectivity index (χ2n) is 10.5. The predicted molar refractivity (Wildman–Crippen MR) is 148 cm³/mol. The Bertz CT molecular complexity index is 1330. The number of imide groups is 1. The van der Waals surface area contributed by atoms with Crippen molar-refractivity contribution in [2.45, 2.75) is 45.6 Å². The Kier molecular flexibility index (Phi) is 7.99. The van der Waals surface area contributed by atoms with Crippen LogP contribution in [0.25, 0.3) is 0 Å². The molecule has 11 heteroatoms. The fraction of sp³-hybridized carbons (Fsp3) is 0.500. The van der Waals surface area contributed by atoms with Crippen LogP contribution in [0.15, 0.2) is 58.4 Å². The lowest BCUT2D eigenvalue weighted by Crippen LogP contribution is -2.63. The molecule has 1 N–H and O–H groups in total. The summed E-state index contributed by atoms with van der Waals surface area (Å²) in [5.41, 5.74) is 0.877. The number of aliphatic imine (C=N–C) groups is 1. The van der Waals surface area contributed by atoms with Gasteiger partial charge in [-0.05, 0) is 37.8 Å². The van der Waals surface area contributed by atoms with Gasteiger partial charge in [-0.3, -0.25) is 19.9 Å². The lowest BCUT2D eigenvalue weighted by molar-refractivity contribution is -0.126. The van der Waals surface area contributed by atoms with Crippen LogP contribution in [0, 0.1) is 17.8 Å². The Morgan fingerprint density at radius 2 is 1.88 bits per heavy atom. The molecule has 1 aromatic carbocycles. The lowest BCUT2D eigenvalue weighted by Gasteiger charge is -2.50. The van der Waals surface area contributed by atoms with Gasteiger partial charge in [0, 0.05) is 38.1 Å². The van der Waals surface area contributed by atoms with E-state index in [9.17, 15) is 19.2 Å². The minimum atomic E-state index is -1.37. The Balaban J connectivity index is 1.79. The summed E-state index contributed by atoms with van der Waals surface area (Å²) in [6.07, 6.45) is 1.58. The van der Waals surface area contributed by atoms with E-state index < -0.39 is 41.4 Å². The highest BCUT2D eigenvalue weighted by atomic mass is 16.6. The van der Waals surface area contributed by atoms with Crippen LogP contribution in [0.5, 0.6) is 0 Å². The molecule has 5 rings (SSSR count). The fourth-order valence-corrected chi connectivity index (χ4v) is 6.66. The lowest BCUT2D eigenvalue weighted by atomic mass is 9.59. The summed E-state index contributed by atoms with van der Waals surface area (Å²) in [6, 6.07) is 9.51. The fourth-order valence-electron chi connectivity index (χ4n) is 6.66. The zero-order valence-electron chi connectivity index (χ0n) is 23.8. The number of allylic oxidation sites excluding steroid dienone is 2. The molecular formula is C30H36N4O7. The third-order valence-corrected chi connectivity index (χ3v) is 8.49. The van der Waals surface area contributed by atoms with Gasteiger partial charge in [-0.25, -0.2) is 14.5 Å². The number of cyclic esters (lactones) is 1. The zero-order chi connectivity index (χ0) is 29.3. The molecule has 41 heavy (non-hydrogen) atoms. The number of nitrogens with zero attached hydrogens (tertiary/aromatic N) is 3. The standard InChI is InChI=1S/C30H36N4O7/c1-5-19-20-13-14-21-22(25(36)32-24(21)35)23(20)30(17-18-11-9-8-10-12-18)27(31-15-16-39-4)41-29(38)34(30)26(19)40-28(37)33(6-2)7-3/h8-13,21-23H,5-7,14-17H2,1-4H3,(H,32,35,36)/t21-,22-,23+,30+/m1/s1. The number of nitrogens with one attached hydrogen (secondary N) is 1. The molecular weight excluding hydrogens is 528 g/mol. The number of fused-ring (bicyclic) bond motifs is 5. The number of amides is 4. The third-order valence-electron chi connectivity index (χ3n) is 8.49. The van der Waals surface area contributed by atoms with Crippen LogP contribution in [-0.4, -0.2) is 78.6 Å². The van der Waals surface area contributed by atoms with E-state index in [1.165, 1.54) is 9.80 Å². The Morgan fingerprint density at radius 3 is 2.54 bits per heavy atom. The molecule has 218 valence electrons. The van der Waals surface area contributed by atoms with Crippen LogP contribution in [-0.2, 0) is 30.2 Å². The molecule has 0 spiro atoms. The zero-order valence-corrected chi connectivity index (χ0v) is 23.8. The largest absolute Gasteiger partial charge is 0.424 e. The first-order valence-electron chi connectivity index (χ1n) is 14.2. The first kappa shape index (κ1) is 28.5. The van der Waals surface area contributed by atoms with Gasteiger partial charge in [0.05, 0.1) is 25.0 Å². The average molecular weight is 565 g/mol. The highest BCUT2D eigenvalue weighted by Crippen LogP contribution is 2.57. The first-order chi connectivity index (χ1) is 19.8. The van der Waals surface area contributed by atoms with Crippen molar-refractivity contribution in [2.75, 3.05) is 33.4 Å². The van der Waals surface area contributed by atoms with Crippen molar-refractivity contribution in [1.29, 1.82) is 0 Å². The van der Waals surface area contributed by atoms with Gasteiger partial charge in [0.25, 0.3) is 0 Å². The maximum absolute atomic E-state index is 13.9. The minimum Gasteiger partial charge on any atom is -0.393 e. The van der Waals surface area contributed by atoms with Crippen molar-refractivity contribution in [2.24, 2.45) is 22.7 Å². The van der Waals surface area contributed by atoms with E-state index in [2.05, 4.69) is 10.3 Å². The van der Waals surface area contributed by atoms with Crippen molar-refractivity contribution in [3.05, 3.63) is 59.0 Å². The first-order valence-corrected chi connectivity index (χ1v) is 14.2. The number of rotatable bonds is 9. The summed E-state index contributed by atoms with van der Waals surface area (Å²) in [5, 5.41) is 2.51. The van der Waals surface area contributed by atoms with Gasteiger partial charge in [-0.1, -0.05) is 43.3 Å². The van der Waals surface area contributed by atoms with Gasteiger partial charge < -0.3 is 19.1 Å². The molecule has 3 heterocycles. The van der Waals surface area contributed by atoms with Gasteiger partial charge in [-0.2, -0.15) is 0 Å². The molecule has 3 aliphatic heterocycles. The quantitative estimate of drug-likeness (QED) is 0.360. The molecule has 0 bridgehead atoms. The van der Waals surface area contributed by atoms with Gasteiger partial charge in [0.2, 0.25) is 23.6 Å². The molecule has 4 amide bonds. The second-order valence-corrected chi connectivity index (χ2v) is 10.5. The van der Waals surface area contributed by atoms with Crippen LogP contribution in [0.3, 0.4) is 0 Å². The summed E-state index contributed by atoms with van der Waals surface area (Å²) in [4.78, 5) is 61.2. The molecule has 0 unspecified atom stereocenters. The molecule has 1 aromatic rings. The van der Waals surface area contributed by atoms with Crippen molar-refractivity contribution in [3.8, 4) is 0 Å². The number of hydrogen-bond donors (Lipinski definition) is 1. The number of benzene rings is 1. The number of methoxy groups -OCH3 is 1. The molecule has 0 radical (unpaired) electrons. The number of hydrogen-bond acceptors (Lipinski definition) is 8. The average Bonchev–Trinajstić information content (AvgIpc) is 3.41. The molecule has 4 atom stereocenters. The molecule has 4 aliphatic rings. The second kappa shape index (κ2) is 11.5. The van der Waals surface area contributed by atoms with E-state index in [1.54, 1.807) is 7.11 Å². The topological polar surface area (TPSA) is 127 Å². The van der Waals surface area contributed by atoms with Gasteiger partial charge >= 0.3 is 12.2 Å². The smallest absolute Gasteiger partial charge is 0.393 e. The normalized spacial score (nSPS) is 27.7. The van der Waals surface area contributed by atoms with Crippen molar-refractivity contribution >= 4 is 29.9 Å². The van der Waals surface area contributed by atoms with Crippen molar-refractivity contribution in [3.63, 3.8) is 0 Å². The number of ether oxygens (including phenoxy) is 3. The Hall–Kier alpha value is -3.99. The summed E-state index contributed by atoms with van der Waals surface area (Å²) >= 11 is 0. The van der Waals surface area contributed by atoms with E-state index >= 15 is 0 Å². The van der Waals surface area contributed by atoms with Crippen LogP contribution in [0.2, 0.25) is 0 Å². The van der Waals surface area contributed by atoms with Crippen LogP contribution in [0.4, 0.5) is 9.59 Å². The Morgan fingerprint density at radius 1 is 1.15 bits per heavy atom. The van der Waals surface area contributed by atoms with E-state index in [4.69, 9.17) is 14.2 Å². The monoisotopic (exact) mass is 564 g/mol. The van der Waals surface area contributed by atoms with E-state index in [-0.39, 0.29) is 37.3 Å². The summed E-state index contributed by atoms with van der Waals surface area (Å²) in [6.45, 7) is 6.93. The van der Waals surface area contributed by atoms with Crippen LogP contribution < -0.4 is 5.32 Å². The summed E-state index contributed by atoms with van der Waals surface area (Å²) < 4.78 is 17.2. The molecule has 11 nitrogen and oxygen atoms in total. The van der Waals surface area contributed by atoms with E-state index in [1.807, 2.05) is 57.2 Å². The van der Waals surface area contributed by atoms with E-state index in [0.717, 1.165) is 11.1 Å². The van der Waals surface area contributed by atoms with Gasteiger partial charge in [0.15, 0.2) is 0 Å². The van der Waals surface area contributed by atoms with Gasteiger partial charge in [-0.15, -0.1) is 0 Å². The van der Waals surface area contributed by atoms with Crippen LogP contribution in [0.1, 0.15) is 39.2 Å². The number of carbonyl (C=O) groups is 4. The SMILES string of the molecule is CCC1=C(OC(=O)N(CC)CC)N2C(=O)OC(=NCCOC)[C@]2(Cc2ccccc2)[C@H]2C1=CC[C@H]1C(=O)NC(=O)[C@H]12. The highest BCUT2D eigenvalue weighted by Gasteiger charge is 2.69. The summed E-state index contributed by atoms with van der Waals surface area (Å²) in [7, 11) is 1.55. The molecule has 0 saturated carbocycles. The Labute approximate surface area is 239 Å². The van der Waals surface area contributed by atoms with Gasteiger partial charge in [0.1, 0.15) is 5.54 Å². The third kappa shape index (κ3) is 4.61.